The highest BCUT2D eigenvalue weighted by Crippen LogP contribution is 2.50. The highest BCUT2D eigenvalue weighted by atomic mass is 31.2. The van der Waals surface area contributed by atoms with Crippen molar-refractivity contribution in [1.82, 2.24) is 14.2 Å². The predicted molar refractivity (Wildman–Crippen MR) is 208 cm³/mol. The molecule has 0 bridgehead atoms. The molecular formula is C41H51N4O8P. The average molecular weight is 759 g/mol. The summed E-state index contributed by atoms with van der Waals surface area (Å²) in [6.45, 7) is 10.3. The van der Waals surface area contributed by atoms with Crippen molar-refractivity contribution in [3.8, 4) is 17.6 Å². The summed E-state index contributed by atoms with van der Waals surface area (Å²) in [5.74, 6) is 1.40. The van der Waals surface area contributed by atoms with E-state index in [4.69, 9.17) is 28.0 Å². The van der Waals surface area contributed by atoms with E-state index in [-0.39, 0.29) is 31.7 Å². The number of nitrogens with zero attached hydrogens (tertiary/aromatic N) is 3. The second-order valence-corrected chi connectivity index (χ2v) is 15.1. The summed E-state index contributed by atoms with van der Waals surface area (Å²) < 4.78 is 41.9. The minimum absolute atomic E-state index is 0.0376. The van der Waals surface area contributed by atoms with Crippen LogP contribution in [0.25, 0.3) is 0 Å². The number of rotatable bonds is 17. The Morgan fingerprint density at radius 3 is 2.02 bits per heavy atom. The molecule has 5 rings (SSSR count). The first-order valence-electron chi connectivity index (χ1n) is 18.2. The zero-order chi connectivity index (χ0) is 38.8. The second kappa shape index (κ2) is 18.8. The molecule has 1 fully saturated rings. The van der Waals surface area contributed by atoms with Crippen LogP contribution >= 0.6 is 8.53 Å². The summed E-state index contributed by atoms with van der Waals surface area (Å²) >= 11 is 0. The van der Waals surface area contributed by atoms with Crippen molar-refractivity contribution >= 4 is 8.53 Å². The van der Waals surface area contributed by atoms with Gasteiger partial charge in [0, 0.05) is 23.8 Å². The molecule has 0 amide bonds. The SMILES string of the molecule is COc1ccc(C(OC[C@H]2O[C@@H](n3cc(C)c(=O)[nH]c3=O)CC[C@@H]2O[P@](OCCC#N)N(C(C)C)C(C)C)(c2ccccc2)c2ccc(OC)cc2)cc1. The quantitative estimate of drug-likeness (QED) is 0.0668. The van der Waals surface area contributed by atoms with E-state index in [1.807, 2.05) is 78.9 Å². The first-order valence-corrected chi connectivity index (χ1v) is 19.4. The van der Waals surface area contributed by atoms with Gasteiger partial charge in [-0.3, -0.25) is 14.3 Å². The smallest absolute Gasteiger partial charge is 0.330 e. The van der Waals surface area contributed by atoms with E-state index < -0.39 is 43.8 Å². The lowest BCUT2D eigenvalue weighted by Gasteiger charge is -2.43. The maximum absolute atomic E-state index is 13.1. The Morgan fingerprint density at radius 1 is 0.907 bits per heavy atom. The van der Waals surface area contributed by atoms with Gasteiger partial charge in [-0.2, -0.15) is 5.26 Å². The van der Waals surface area contributed by atoms with Gasteiger partial charge in [-0.15, -0.1) is 0 Å². The van der Waals surface area contributed by atoms with Gasteiger partial charge in [-0.25, -0.2) is 9.46 Å². The lowest BCUT2D eigenvalue weighted by Crippen LogP contribution is -2.47. The Hall–Kier alpha value is -4.34. The van der Waals surface area contributed by atoms with E-state index in [2.05, 4.69) is 43.4 Å². The normalized spacial score (nSPS) is 18.1. The fourth-order valence-corrected chi connectivity index (χ4v) is 8.59. The molecule has 0 aliphatic carbocycles. The van der Waals surface area contributed by atoms with Crippen molar-refractivity contribution < 1.29 is 28.0 Å². The number of H-pyrrole nitrogens is 1. The molecule has 1 aromatic heterocycles. The molecule has 288 valence electrons. The first kappa shape index (κ1) is 40.8. The number of aryl methyl sites for hydroxylation is 1. The standard InChI is InChI=1S/C41H51N4O8P/c1-28(2)45(29(3)4)54(51-25-11-24-42)53-36-22-23-38(44-26-30(5)39(46)43-40(44)47)52-37(36)27-50-41(31-12-9-8-10-13-31,32-14-18-34(48-6)19-15-32)33-16-20-35(49-7)21-17-33/h8-10,12-21,26,28-29,36-38H,11,22-23,25,27H2,1-7H3,(H,43,46,47)/t36-,37+,38+,54-/m0/s1. The summed E-state index contributed by atoms with van der Waals surface area (Å²) in [5.41, 5.74) is 0.841. The van der Waals surface area contributed by atoms with Crippen molar-refractivity contribution in [2.45, 2.75) is 90.0 Å². The minimum Gasteiger partial charge on any atom is -0.497 e. The maximum atomic E-state index is 13.1. The lowest BCUT2D eigenvalue weighted by molar-refractivity contribution is -0.175. The number of ether oxygens (including phenoxy) is 4. The lowest BCUT2D eigenvalue weighted by atomic mass is 9.80. The van der Waals surface area contributed by atoms with Gasteiger partial charge in [0.25, 0.3) is 14.1 Å². The second-order valence-electron chi connectivity index (χ2n) is 13.7. The van der Waals surface area contributed by atoms with Gasteiger partial charge < -0.3 is 28.0 Å². The van der Waals surface area contributed by atoms with Crippen LogP contribution in [0.4, 0.5) is 0 Å². The Labute approximate surface area is 318 Å². The van der Waals surface area contributed by atoms with Crippen LogP contribution in [0, 0.1) is 18.3 Å². The molecule has 1 aliphatic heterocycles. The summed E-state index contributed by atoms with van der Waals surface area (Å²) in [7, 11) is 1.63. The molecule has 2 heterocycles. The Balaban J connectivity index is 1.61. The summed E-state index contributed by atoms with van der Waals surface area (Å²) in [5, 5.41) is 9.30. The van der Waals surface area contributed by atoms with E-state index in [0.717, 1.165) is 16.7 Å². The van der Waals surface area contributed by atoms with Crippen LogP contribution in [0.3, 0.4) is 0 Å². The Morgan fingerprint density at radius 2 is 1.48 bits per heavy atom. The van der Waals surface area contributed by atoms with Crippen LogP contribution in [0.2, 0.25) is 0 Å². The number of aromatic nitrogens is 2. The van der Waals surface area contributed by atoms with Crippen molar-refractivity contribution in [1.29, 1.82) is 5.26 Å². The number of hydrogen-bond acceptors (Lipinski definition) is 10. The van der Waals surface area contributed by atoms with Crippen molar-refractivity contribution in [3.63, 3.8) is 0 Å². The molecule has 13 heteroatoms. The Bertz CT molecular complexity index is 1890. The first-order chi connectivity index (χ1) is 26.0. The molecule has 12 nitrogen and oxygen atoms in total. The van der Waals surface area contributed by atoms with Gasteiger partial charge in [0.15, 0.2) is 0 Å². The van der Waals surface area contributed by atoms with Crippen LogP contribution in [0.15, 0.2) is 94.6 Å². The summed E-state index contributed by atoms with van der Waals surface area (Å²) in [6, 6.07) is 27.9. The molecule has 1 saturated heterocycles. The highest BCUT2D eigenvalue weighted by Gasteiger charge is 2.43. The molecule has 54 heavy (non-hydrogen) atoms. The largest absolute Gasteiger partial charge is 0.497 e. The van der Waals surface area contributed by atoms with E-state index >= 15 is 0 Å². The number of nitrogens with one attached hydrogen (secondary N) is 1. The van der Waals surface area contributed by atoms with E-state index in [1.54, 1.807) is 21.1 Å². The van der Waals surface area contributed by atoms with Crippen LogP contribution in [0.1, 0.15) is 75.4 Å². The van der Waals surface area contributed by atoms with Crippen molar-refractivity contribution in [3.05, 3.63) is 128 Å². The number of nitriles is 1. The molecule has 0 spiro atoms. The van der Waals surface area contributed by atoms with Crippen LogP contribution in [0.5, 0.6) is 11.5 Å². The number of methoxy groups -OCH3 is 2. The van der Waals surface area contributed by atoms with Crippen molar-refractivity contribution in [2.75, 3.05) is 27.4 Å². The third-order valence-electron chi connectivity index (χ3n) is 9.43. The average Bonchev–Trinajstić information content (AvgIpc) is 3.17. The van der Waals surface area contributed by atoms with Gasteiger partial charge >= 0.3 is 5.69 Å². The van der Waals surface area contributed by atoms with Gasteiger partial charge in [0.1, 0.15) is 29.4 Å². The molecule has 4 atom stereocenters. The predicted octanol–water partition coefficient (Wildman–Crippen LogP) is 7.21. The van der Waals surface area contributed by atoms with E-state index in [1.165, 1.54) is 10.8 Å². The number of benzene rings is 3. The molecule has 1 N–H and O–H groups in total. The monoisotopic (exact) mass is 758 g/mol. The van der Waals surface area contributed by atoms with Crippen LogP contribution in [-0.2, 0) is 24.1 Å². The van der Waals surface area contributed by atoms with Gasteiger partial charge in [-0.05, 0) is 88.4 Å². The number of hydrogen-bond donors (Lipinski definition) is 1. The molecular weight excluding hydrogens is 707 g/mol. The third kappa shape index (κ3) is 9.29. The van der Waals surface area contributed by atoms with Crippen LogP contribution in [-0.4, -0.2) is 65.9 Å². The van der Waals surface area contributed by atoms with Gasteiger partial charge in [0.05, 0.1) is 46.0 Å². The Kier molecular flexibility index (Phi) is 14.2. The van der Waals surface area contributed by atoms with Gasteiger partial charge in [-0.1, -0.05) is 54.6 Å². The molecule has 4 aromatic rings. The van der Waals surface area contributed by atoms with Crippen molar-refractivity contribution in [2.24, 2.45) is 0 Å². The highest BCUT2D eigenvalue weighted by molar-refractivity contribution is 7.44. The minimum atomic E-state index is -1.63. The topological polar surface area (TPSA) is 137 Å². The van der Waals surface area contributed by atoms with E-state index in [9.17, 15) is 14.9 Å². The summed E-state index contributed by atoms with van der Waals surface area (Å²) in [4.78, 5) is 27.8. The van der Waals surface area contributed by atoms with Gasteiger partial charge in [0.2, 0.25) is 0 Å². The third-order valence-corrected chi connectivity index (χ3v) is 11.6. The van der Waals surface area contributed by atoms with Crippen LogP contribution < -0.4 is 20.7 Å². The molecule has 0 unspecified atom stereocenters. The zero-order valence-electron chi connectivity index (χ0n) is 32.1. The molecule has 0 saturated carbocycles. The molecule has 3 aromatic carbocycles. The molecule has 0 radical (unpaired) electrons. The summed E-state index contributed by atoms with van der Waals surface area (Å²) in [6.07, 6.45) is 0.759. The zero-order valence-corrected chi connectivity index (χ0v) is 33.0. The number of aromatic amines is 1. The fourth-order valence-electron chi connectivity index (χ4n) is 6.81. The fraction of sp³-hybridized carbons (Fsp3) is 0.439. The maximum Gasteiger partial charge on any atom is 0.330 e. The van der Waals surface area contributed by atoms with E-state index in [0.29, 0.717) is 29.9 Å². The molecule has 1 aliphatic rings.